The highest BCUT2D eigenvalue weighted by atomic mass is 19.4. The van der Waals surface area contributed by atoms with Gasteiger partial charge < -0.3 is 10.6 Å². The van der Waals surface area contributed by atoms with Crippen molar-refractivity contribution in [3.63, 3.8) is 0 Å². The van der Waals surface area contributed by atoms with Gasteiger partial charge in [-0.2, -0.15) is 13.2 Å². The Morgan fingerprint density at radius 1 is 1.27 bits per heavy atom. The SMILES string of the molecule is CCCNC(=O)[C@@H](Cc1cccc(C(F)(F)F)c1)NC(C)=O. The summed E-state index contributed by atoms with van der Waals surface area (Å²) >= 11 is 0. The van der Waals surface area contributed by atoms with Gasteiger partial charge in [0.25, 0.3) is 0 Å². The molecular formula is C15H19F3N2O2. The maximum Gasteiger partial charge on any atom is 0.416 e. The highest BCUT2D eigenvalue weighted by Gasteiger charge is 2.30. The molecule has 1 rings (SSSR count). The van der Waals surface area contributed by atoms with Gasteiger partial charge in [0.15, 0.2) is 0 Å². The van der Waals surface area contributed by atoms with Crippen molar-refractivity contribution in [2.45, 2.75) is 38.9 Å². The zero-order valence-corrected chi connectivity index (χ0v) is 12.5. The van der Waals surface area contributed by atoms with Gasteiger partial charge in [0.1, 0.15) is 6.04 Å². The van der Waals surface area contributed by atoms with E-state index < -0.39 is 29.6 Å². The summed E-state index contributed by atoms with van der Waals surface area (Å²) in [5.74, 6) is -0.821. The summed E-state index contributed by atoms with van der Waals surface area (Å²) in [6, 6.07) is 3.84. The van der Waals surface area contributed by atoms with Crippen LogP contribution in [0.1, 0.15) is 31.4 Å². The van der Waals surface area contributed by atoms with Crippen LogP contribution in [0.2, 0.25) is 0 Å². The van der Waals surface area contributed by atoms with Gasteiger partial charge in [-0.25, -0.2) is 0 Å². The van der Waals surface area contributed by atoms with Crippen LogP contribution in [0.5, 0.6) is 0 Å². The van der Waals surface area contributed by atoms with E-state index in [1.807, 2.05) is 6.92 Å². The first-order valence-electron chi connectivity index (χ1n) is 6.95. The van der Waals surface area contributed by atoms with Gasteiger partial charge >= 0.3 is 6.18 Å². The maximum absolute atomic E-state index is 12.7. The Bertz CT molecular complexity index is 530. The summed E-state index contributed by atoms with van der Waals surface area (Å²) in [6.45, 7) is 3.57. The third-order valence-electron chi connectivity index (χ3n) is 2.94. The highest BCUT2D eigenvalue weighted by Crippen LogP contribution is 2.29. The highest BCUT2D eigenvalue weighted by molar-refractivity contribution is 5.87. The molecule has 2 N–H and O–H groups in total. The second kappa shape index (κ2) is 7.82. The van der Waals surface area contributed by atoms with Gasteiger partial charge in [0.2, 0.25) is 11.8 Å². The summed E-state index contributed by atoms with van der Waals surface area (Å²) < 4.78 is 38.1. The van der Waals surface area contributed by atoms with Crippen LogP contribution >= 0.6 is 0 Å². The molecule has 0 aromatic heterocycles. The molecule has 122 valence electrons. The molecule has 7 heteroatoms. The summed E-state index contributed by atoms with van der Waals surface area (Å²) in [6.07, 6.45) is -3.72. The molecule has 0 aliphatic rings. The fraction of sp³-hybridized carbons (Fsp3) is 0.467. The maximum atomic E-state index is 12.7. The Labute approximate surface area is 127 Å². The van der Waals surface area contributed by atoms with E-state index in [9.17, 15) is 22.8 Å². The molecular weight excluding hydrogens is 297 g/mol. The monoisotopic (exact) mass is 316 g/mol. The number of carbonyl (C=O) groups excluding carboxylic acids is 2. The lowest BCUT2D eigenvalue weighted by molar-refractivity contribution is -0.137. The van der Waals surface area contributed by atoms with Crippen LogP contribution in [0.15, 0.2) is 24.3 Å². The van der Waals surface area contributed by atoms with Crippen molar-refractivity contribution in [1.82, 2.24) is 10.6 Å². The predicted molar refractivity (Wildman–Crippen MR) is 76.1 cm³/mol. The largest absolute Gasteiger partial charge is 0.416 e. The van der Waals surface area contributed by atoms with Crippen LogP contribution in [0.3, 0.4) is 0 Å². The first-order valence-corrected chi connectivity index (χ1v) is 6.95. The summed E-state index contributed by atoms with van der Waals surface area (Å²) in [7, 11) is 0. The van der Waals surface area contributed by atoms with E-state index in [2.05, 4.69) is 10.6 Å². The zero-order chi connectivity index (χ0) is 16.8. The van der Waals surface area contributed by atoms with Crippen LogP contribution in [-0.2, 0) is 22.2 Å². The molecule has 0 unspecified atom stereocenters. The van der Waals surface area contributed by atoms with Gasteiger partial charge in [0, 0.05) is 19.9 Å². The second-order valence-corrected chi connectivity index (χ2v) is 4.95. The number of nitrogens with one attached hydrogen (secondary N) is 2. The van der Waals surface area contributed by atoms with Crippen LogP contribution < -0.4 is 10.6 Å². The summed E-state index contributed by atoms with van der Waals surface area (Å²) in [5.41, 5.74) is -0.444. The Kier molecular flexibility index (Phi) is 6.39. The summed E-state index contributed by atoms with van der Waals surface area (Å²) in [5, 5.41) is 5.09. The average molecular weight is 316 g/mol. The van der Waals surface area contributed by atoms with E-state index in [0.717, 1.165) is 18.6 Å². The Morgan fingerprint density at radius 2 is 1.95 bits per heavy atom. The number of rotatable bonds is 6. The molecule has 1 atom stereocenters. The van der Waals surface area contributed by atoms with Crippen LogP contribution in [0, 0.1) is 0 Å². The van der Waals surface area contributed by atoms with Crippen LogP contribution in [0.25, 0.3) is 0 Å². The van der Waals surface area contributed by atoms with Gasteiger partial charge in [-0.05, 0) is 18.1 Å². The van der Waals surface area contributed by atoms with Crippen LogP contribution in [0.4, 0.5) is 13.2 Å². The topological polar surface area (TPSA) is 58.2 Å². The van der Waals surface area contributed by atoms with E-state index in [4.69, 9.17) is 0 Å². The molecule has 0 spiro atoms. The van der Waals surface area contributed by atoms with Crippen molar-refractivity contribution in [3.8, 4) is 0 Å². The minimum absolute atomic E-state index is 0.000945. The molecule has 22 heavy (non-hydrogen) atoms. The van der Waals surface area contributed by atoms with Crippen molar-refractivity contribution >= 4 is 11.8 Å². The smallest absolute Gasteiger partial charge is 0.354 e. The van der Waals surface area contributed by atoms with Crippen molar-refractivity contribution in [2.75, 3.05) is 6.54 Å². The van der Waals surface area contributed by atoms with Crippen molar-refractivity contribution in [1.29, 1.82) is 0 Å². The lowest BCUT2D eigenvalue weighted by Gasteiger charge is -2.18. The quantitative estimate of drug-likeness (QED) is 0.846. The molecule has 2 amide bonds. The third-order valence-corrected chi connectivity index (χ3v) is 2.94. The lowest BCUT2D eigenvalue weighted by Crippen LogP contribution is -2.47. The van der Waals surface area contributed by atoms with Crippen LogP contribution in [-0.4, -0.2) is 24.4 Å². The number of amides is 2. The van der Waals surface area contributed by atoms with Gasteiger partial charge in [0.05, 0.1) is 5.56 Å². The van der Waals surface area contributed by atoms with Gasteiger partial charge in [-0.1, -0.05) is 25.1 Å². The van der Waals surface area contributed by atoms with E-state index in [1.54, 1.807) is 0 Å². The molecule has 1 aromatic rings. The molecule has 4 nitrogen and oxygen atoms in total. The van der Waals surface area contributed by atoms with Crippen molar-refractivity contribution < 1.29 is 22.8 Å². The first-order chi connectivity index (χ1) is 10.2. The lowest BCUT2D eigenvalue weighted by atomic mass is 10.0. The van der Waals surface area contributed by atoms with E-state index in [0.29, 0.717) is 12.1 Å². The van der Waals surface area contributed by atoms with E-state index in [1.165, 1.54) is 19.1 Å². The van der Waals surface area contributed by atoms with E-state index >= 15 is 0 Å². The second-order valence-electron chi connectivity index (χ2n) is 4.95. The third kappa shape index (κ3) is 5.75. The fourth-order valence-electron chi connectivity index (χ4n) is 1.94. The fourth-order valence-corrected chi connectivity index (χ4v) is 1.94. The Balaban J connectivity index is 2.89. The number of carbonyl (C=O) groups is 2. The number of halogens is 3. The normalized spacial score (nSPS) is 12.6. The molecule has 0 aliphatic carbocycles. The molecule has 0 bridgehead atoms. The molecule has 0 heterocycles. The van der Waals surface area contributed by atoms with Gasteiger partial charge in [-0.15, -0.1) is 0 Å². The molecule has 0 saturated carbocycles. The molecule has 1 aromatic carbocycles. The zero-order valence-electron chi connectivity index (χ0n) is 12.5. The minimum atomic E-state index is -4.44. The minimum Gasteiger partial charge on any atom is -0.354 e. The number of alkyl halides is 3. The molecule has 0 fully saturated rings. The van der Waals surface area contributed by atoms with Gasteiger partial charge in [-0.3, -0.25) is 9.59 Å². The standard InChI is InChI=1S/C15H19F3N2O2/c1-3-7-19-14(22)13(20-10(2)21)9-11-5-4-6-12(8-11)15(16,17)18/h4-6,8,13H,3,7,9H2,1-2H3,(H,19,22)(H,20,21)/t13-/m1/s1. The van der Waals surface area contributed by atoms with Crippen molar-refractivity contribution in [3.05, 3.63) is 35.4 Å². The average Bonchev–Trinajstić information content (AvgIpc) is 2.43. The number of hydrogen-bond donors (Lipinski definition) is 2. The van der Waals surface area contributed by atoms with E-state index in [-0.39, 0.29) is 6.42 Å². The molecule has 0 aliphatic heterocycles. The molecule has 0 radical (unpaired) electrons. The molecule has 0 saturated heterocycles. The van der Waals surface area contributed by atoms with Crippen molar-refractivity contribution in [2.24, 2.45) is 0 Å². The number of benzene rings is 1. The summed E-state index contributed by atoms with van der Waals surface area (Å²) in [4.78, 5) is 23.2. The number of hydrogen-bond acceptors (Lipinski definition) is 2. The Morgan fingerprint density at radius 3 is 2.50 bits per heavy atom. The Hall–Kier alpha value is -2.05. The first kappa shape index (κ1) is 18.0. The predicted octanol–water partition coefficient (Wildman–Crippen LogP) is 2.28.